The summed E-state index contributed by atoms with van der Waals surface area (Å²) in [6.45, 7) is 4.54. The van der Waals surface area contributed by atoms with Crippen LogP contribution < -0.4 is 5.32 Å². The van der Waals surface area contributed by atoms with Gasteiger partial charge in [0.1, 0.15) is 0 Å². The molecule has 1 fully saturated rings. The molecule has 2 heterocycles. The van der Waals surface area contributed by atoms with Gasteiger partial charge in [0.2, 0.25) is 0 Å². The zero-order valence-corrected chi connectivity index (χ0v) is 8.73. The molecule has 0 bridgehead atoms. The number of carbonyl (C=O) groups is 1. The second-order valence-electron chi connectivity index (χ2n) is 3.59. The Kier molecular flexibility index (Phi) is 2.96. The highest BCUT2D eigenvalue weighted by molar-refractivity contribution is 5.92. The molecule has 1 saturated heterocycles. The molecule has 0 saturated carbocycles. The van der Waals surface area contributed by atoms with E-state index in [2.05, 4.69) is 20.7 Å². The summed E-state index contributed by atoms with van der Waals surface area (Å²) in [6, 6.07) is 0.291. The third kappa shape index (κ3) is 1.99. The molecular weight excluding hydrogens is 194 g/mol. The van der Waals surface area contributed by atoms with Crippen LogP contribution >= 0.6 is 0 Å². The molecule has 0 aromatic carbocycles. The number of H-pyrrole nitrogens is 1. The van der Waals surface area contributed by atoms with Crippen molar-refractivity contribution >= 4 is 5.91 Å². The van der Waals surface area contributed by atoms with Gasteiger partial charge in [0, 0.05) is 19.1 Å². The number of amides is 1. The van der Waals surface area contributed by atoms with Crippen molar-refractivity contribution in [3.63, 3.8) is 0 Å². The molecule has 1 amide bonds. The van der Waals surface area contributed by atoms with Crippen LogP contribution in [0.3, 0.4) is 0 Å². The van der Waals surface area contributed by atoms with Crippen molar-refractivity contribution < 1.29 is 4.79 Å². The lowest BCUT2D eigenvalue weighted by Crippen LogP contribution is -2.41. The van der Waals surface area contributed by atoms with Crippen LogP contribution in [-0.4, -0.2) is 51.9 Å². The highest BCUT2D eigenvalue weighted by atomic mass is 16.2. The van der Waals surface area contributed by atoms with Crippen molar-refractivity contribution in [1.82, 2.24) is 25.6 Å². The first-order valence-corrected chi connectivity index (χ1v) is 5.20. The molecule has 1 aliphatic heterocycles. The monoisotopic (exact) mass is 209 g/mol. The molecule has 82 valence electrons. The predicted octanol–water partition coefficient (Wildman–Crippen LogP) is -0.371. The van der Waals surface area contributed by atoms with Crippen molar-refractivity contribution in [3.8, 4) is 0 Å². The normalized spacial score (nSPS) is 20.5. The Morgan fingerprint density at radius 2 is 2.60 bits per heavy atom. The maximum absolute atomic E-state index is 12.0. The van der Waals surface area contributed by atoms with E-state index in [9.17, 15) is 4.79 Å². The summed E-state index contributed by atoms with van der Waals surface area (Å²) < 4.78 is 0. The topological polar surface area (TPSA) is 73.9 Å². The molecule has 2 rings (SSSR count). The van der Waals surface area contributed by atoms with E-state index in [1.807, 2.05) is 11.8 Å². The molecule has 1 atom stereocenters. The van der Waals surface area contributed by atoms with E-state index in [0.29, 0.717) is 18.3 Å². The van der Waals surface area contributed by atoms with E-state index in [1.54, 1.807) is 0 Å². The van der Waals surface area contributed by atoms with Gasteiger partial charge in [-0.05, 0) is 19.9 Å². The Bertz CT molecular complexity index is 317. The first kappa shape index (κ1) is 10.1. The van der Waals surface area contributed by atoms with Gasteiger partial charge < -0.3 is 10.2 Å². The fourth-order valence-corrected chi connectivity index (χ4v) is 1.92. The lowest BCUT2D eigenvalue weighted by molar-refractivity contribution is 0.0697. The summed E-state index contributed by atoms with van der Waals surface area (Å²) in [5, 5.41) is 13.2. The second kappa shape index (κ2) is 4.39. The number of rotatable bonds is 3. The molecule has 0 radical (unpaired) electrons. The van der Waals surface area contributed by atoms with Gasteiger partial charge in [-0.25, -0.2) is 0 Å². The SMILES string of the molecule is CCN(C(=O)c1cn[nH]n1)C1CCNC1. The minimum Gasteiger partial charge on any atom is -0.333 e. The number of nitrogens with zero attached hydrogens (tertiary/aromatic N) is 3. The summed E-state index contributed by atoms with van der Waals surface area (Å²) in [5.41, 5.74) is 0.392. The number of hydrogen-bond donors (Lipinski definition) is 2. The van der Waals surface area contributed by atoms with E-state index >= 15 is 0 Å². The van der Waals surface area contributed by atoms with Crippen molar-refractivity contribution in [1.29, 1.82) is 0 Å². The van der Waals surface area contributed by atoms with E-state index in [-0.39, 0.29) is 5.91 Å². The predicted molar refractivity (Wildman–Crippen MR) is 54.4 cm³/mol. The molecule has 6 heteroatoms. The fraction of sp³-hybridized carbons (Fsp3) is 0.667. The fourth-order valence-electron chi connectivity index (χ4n) is 1.92. The summed E-state index contributed by atoms with van der Waals surface area (Å²) in [5.74, 6) is -0.0417. The number of carbonyl (C=O) groups excluding carboxylic acids is 1. The van der Waals surface area contributed by atoms with Gasteiger partial charge in [-0.15, -0.1) is 0 Å². The summed E-state index contributed by atoms with van der Waals surface area (Å²) in [6.07, 6.45) is 2.48. The van der Waals surface area contributed by atoms with Crippen molar-refractivity contribution in [2.45, 2.75) is 19.4 Å². The average Bonchev–Trinajstić information content (AvgIpc) is 2.91. The third-order valence-electron chi connectivity index (χ3n) is 2.71. The lowest BCUT2D eigenvalue weighted by Gasteiger charge is -2.26. The molecule has 15 heavy (non-hydrogen) atoms. The highest BCUT2D eigenvalue weighted by Gasteiger charge is 2.26. The Hall–Kier alpha value is -1.43. The molecule has 0 aliphatic carbocycles. The maximum atomic E-state index is 12.0. The van der Waals surface area contributed by atoms with E-state index in [0.717, 1.165) is 19.5 Å². The third-order valence-corrected chi connectivity index (χ3v) is 2.71. The quantitative estimate of drug-likeness (QED) is 0.712. The smallest absolute Gasteiger partial charge is 0.276 e. The molecule has 1 aromatic heterocycles. The minimum atomic E-state index is -0.0417. The largest absolute Gasteiger partial charge is 0.333 e. The van der Waals surface area contributed by atoms with Crippen LogP contribution in [0.2, 0.25) is 0 Å². The van der Waals surface area contributed by atoms with Crippen molar-refractivity contribution in [2.75, 3.05) is 19.6 Å². The van der Waals surface area contributed by atoms with Gasteiger partial charge in [0.05, 0.1) is 6.20 Å². The van der Waals surface area contributed by atoms with Crippen LogP contribution in [0.15, 0.2) is 6.20 Å². The molecular formula is C9H15N5O. The van der Waals surface area contributed by atoms with Crippen LogP contribution in [0.4, 0.5) is 0 Å². The summed E-state index contributed by atoms with van der Waals surface area (Å²) >= 11 is 0. The molecule has 2 N–H and O–H groups in total. The molecule has 1 aromatic rings. The van der Waals surface area contributed by atoms with Gasteiger partial charge >= 0.3 is 0 Å². The van der Waals surface area contributed by atoms with Crippen LogP contribution in [-0.2, 0) is 0 Å². The first-order chi connectivity index (χ1) is 7.33. The minimum absolute atomic E-state index is 0.0417. The Balaban J connectivity index is 2.09. The number of likely N-dealkylation sites (N-methyl/N-ethyl adjacent to an activating group) is 1. The Morgan fingerprint density at radius 3 is 3.13 bits per heavy atom. The molecule has 0 spiro atoms. The van der Waals surface area contributed by atoms with Crippen molar-refractivity contribution in [3.05, 3.63) is 11.9 Å². The second-order valence-corrected chi connectivity index (χ2v) is 3.59. The van der Waals surface area contributed by atoms with E-state index in [4.69, 9.17) is 0 Å². The van der Waals surface area contributed by atoms with Crippen LogP contribution in [0.25, 0.3) is 0 Å². The van der Waals surface area contributed by atoms with Crippen molar-refractivity contribution in [2.24, 2.45) is 0 Å². The average molecular weight is 209 g/mol. The first-order valence-electron chi connectivity index (χ1n) is 5.20. The van der Waals surface area contributed by atoms with Gasteiger partial charge in [0.15, 0.2) is 5.69 Å². The van der Waals surface area contributed by atoms with Gasteiger partial charge in [-0.2, -0.15) is 15.4 Å². The molecule has 6 nitrogen and oxygen atoms in total. The van der Waals surface area contributed by atoms with E-state index < -0.39 is 0 Å². The van der Waals surface area contributed by atoms with Gasteiger partial charge in [-0.1, -0.05) is 0 Å². The van der Waals surface area contributed by atoms with Crippen LogP contribution in [0, 0.1) is 0 Å². The summed E-state index contributed by atoms with van der Waals surface area (Å²) in [4.78, 5) is 13.8. The molecule has 1 unspecified atom stereocenters. The maximum Gasteiger partial charge on any atom is 0.276 e. The lowest BCUT2D eigenvalue weighted by atomic mass is 10.2. The Labute approximate surface area is 88.0 Å². The van der Waals surface area contributed by atoms with Gasteiger partial charge in [-0.3, -0.25) is 4.79 Å². The summed E-state index contributed by atoms with van der Waals surface area (Å²) in [7, 11) is 0. The number of aromatic nitrogens is 3. The number of nitrogens with one attached hydrogen (secondary N) is 2. The zero-order chi connectivity index (χ0) is 10.7. The molecule has 1 aliphatic rings. The van der Waals surface area contributed by atoms with Gasteiger partial charge in [0.25, 0.3) is 5.91 Å². The Morgan fingerprint density at radius 1 is 1.73 bits per heavy atom. The number of hydrogen-bond acceptors (Lipinski definition) is 4. The number of aromatic amines is 1. The zero-order valence-electron chi connectivity index (χ0n) is 8.73. The van der Waals surface area contributed by atoms with Crippen LogP contribution in [0.5, 0.6) is 0 Å². The highest BCUT2D eigenvalue weighted by Crippen LogP contribution is 2.11. The standard InChI is InChI=1S/C9H15N5O/c1-2-14(7-3-4-10-5-7)9(15)8-6-11-13-12-8/h6-7,10H,2-5H2,1H3,(H,11,12,13). The van der Waals surface area contributed by atoms with E-state index in [1.165, 1.54) is 6.20 Å². The van der Waals surface area contributed by atoms with Crippen LogP contribution in [0.1, 0.15) is 23.8 Å².